The molecule has 1 aliphatic heterocycles. The van der Waals surface area contributed by atoms with E-state index in [9.17, 15) is 5.11 Å². The average molecular weight is 185 g/mol. The van der Waals surface area contributed by atoms with Gasteiger partial charge in [0.2, 0.25) is 0 Å². The van der Waals surface area contributed by atoms with Gasteiger partial charge in [-0.1, -0.05) is 5.21 Å². The second-order valence-corrected chi connectivity index (χ2v) is 3.02. The van der Waals surface area contributed by atoms with E-state index < -0.39 is 6.10 Å². The normalized spacial score (nSPS) is 28.2. The fourth-order valence-corrected chi connectivity index (χ4v) is 1.33. The summed E-state index contributed by atoms with van der Waals surface area (Å²) in [7, 11) is 0. The molecule has 0 aliphatic carbocycles. The maximum Gasteiger partial charge on any atom is 0.108 e. The van der Waals surface area contributed by atoms with Crippen molar-refractivity contribution in [3.63, 3.8) is 0 Å². The molecule has 0 bridgehead atoms. The Morgan fingerprint density at radius 2 is 2.46 bits per heavy atom. The Kier molecular flexibility index (Phi) is 2.26. The molecule has 13 heavy (non-hydrogen) atoms. The molecule has 2 N–H and O–H groups in total. The lowest BCUT2D eigenvalue weighted by molar-refractivity contribution is 0.117. The Morgan fingerprint density at radius 3 is 3.00 bits per heavy atom. The Hall–Kier alpha value is -0.980. The van der Waals surface area contributed by atoms with Crippen LogP contribution in [0.5, 0.6) is 0 Å². The molecule has 1 saturated heterocycles. The van der Waals surface area contributed by atoms with E-state index >= 15 is 0 Å². The quantitative estimate of drug-likeness (QED) is 0.598. The summed E-state index contributed by atoms with van der Waals surface area (Å²) in [4.78, 5) is 0. The van der Waals surface area contributed by atoms with E-state index in [-0.39, 0.29) is 12.6 Å². The summed E-state index contributed by atoms with van der Waals surface area (Å²) >= 11 is 0. The predicted octanol–water partition coefficient (Wildman–Crippen LogP) is -1.30. The number of rotatable bonds is 2. The third kappa shape index (κ3) is 1.55. The summed E-state index contributed by atoms with van der Waals surface area (Å²) < 4.78 is 6.60. The second-order valence-electron chi connectivity index (χ2n) is 3.02. The van der Waals surface area contributed by atoms with Crippen molar-refractivity contribution in [3.05, 3.63) is 11.9 Å². The summed E-state index contributed by atoms with van der Waals surface area (Å²) in [5.74, 6) is 0. The minimum Gasteiger partial charge on any atom is -0.390 e. The van der Waals surface area contributed by atoms with Gasteiger partial charge in [0.15, 0.2) is 0 Å². The van der Waals surface area contributed by atoms with Crippen LogP contribution in [-0.4, -0.2) is 44.5 Å². The zero-order valence-corrected chi connectivity index (χ0v) is 7.00. The molecule has 0 spiro atoms. The maximum atomic E-state index is 9.45. The topological polar surface area (TPSA) is 80.4 Å². The molecule has 1 aromatic heterocycles. The van der Waals surface area contributed by atoms with Crippen LogP contribution in [0.15, 0.2) is 6.20 Å². The Morgan fingerprint density at radius 1 is 1.62 bits per heavy atom. The first-order chi connectivity index (χ1) is 6.31. The first-order valence-corrected chi connectivity index (χ1v) is 4.08. The Bertz CT molecular complexity index is 288. The maximum absolute atomic E-state index is 9.45. The van der Waals surface area contributed by atoms with E-state index in [4.69, 9.17) is 9.84 Å². The van der Waals surface area contributed by atoms with Crippen molar-refractivity contribution < 1.29 is 14.9 Å². The fraction of sp³-hybridized carbons (Fsp3) is 0.714. The third-order valence-electron chi connectivity index (χ3n) is 2.08. The molecular formula is C7H11N3O3. The first kappa shape index (κ1) is 8.61. The van der Waals surface area contributed by atoms with Gasteiger partial charge in [0.05, 0.1) is 26.0 Å². The summed E-state index contributed by atoms with van der Waals surface area (Å²) in [6.45, 7) is 0.637. The van der Waals surface area contributed by atoms with Crippen molar-refractivity contribution in [3.8, 4) is 0 Å². The molecule has 1 fully saturated rings. The van der Waals surface area contributed by atoms with Gasteiger partial charge in [-0.3, -0.25) is 0 Å². The molecule has 0 amide bonds. The molecule has 6 nitrogen and oxygen atoms in total. The van der Waals surface area contributed by atoms with Crippen molar-refractivity contribution in [1.29, 1.82) is 0 Å². The van der Waals surface area contributed by atoms with Crippen LogP contribution in [0.4, 0.5) is 0 Å². The number of nitrogens with zero attached hydrogens (tertiary/aromatic N) is 3. The van der Waals surface area contributed by atoms with Crippen LogP contribution in [-0.2, 0) is 11.3 Å². The number of aromatic nitrogens is 3. The van der Waals surface area contributed by atoms with E-state index in [0.717, 1.165) is 0 Å². The van der Waals surface area contributed by atoms with Crippen molar-refractivity contribution in [2.45, 2.75) is 18.8 Å². The standard InChI is InChI=1S/C7H11N3O3/c11-2-5-1-10(9-8-5)6-3-13-4-7(6)12/h1,6-7,11-12H,2-4H2/t6-,7-/m1/s1. The highest BCUT2D eigenvalue weighted by Gasteiger charge is 2.28. The van der Waals surface area contributed by atoms with Crippen LogP contribution in [0.3, 0.4) is 0 Å². The lowest BCUT2D eigenvalue weighted by Crippen LogP contribution is -2.22. The smallest absolute Gasteiger partial charge is 0.108 e. The highest BCUT2D eigenvalue weighted by Crippen LogP contribution is 2.18. The minimum absolute atomic E-state index is 0.135. The Balaban J connectivity index is 2.15. The fourth-order valence-electron chi connectivity index (χ4n) is 1.33. The van der Waals surface area contributed by atoms with Gasteiger partial charge in [0.25, 0.3) is 0 Å². The summed E-state index contributed by atoms with van der Waals surface area (Å²) in [6, 6.07) is -0.173. The van der Waals surface area contributed by atoms with Crippen LogP contribution in [0, 0.1) is 0 Å². The van der Waals surface area contributed by atoms with Crippen LogP contribution in [0.1, 0.15) is 11.7 Å². The van der Waals surface area contributed by atoms with Gasteiger partial charge in [-0.2, -0.15) is 0 Å². The molecule has 2 rings (SSSR count). The van der Waals surface area contributed by atoms with Gasteiger partial charge in [0, 0.05) is 0 Å². The summed E-state index contributed by atoms with van der Waals surface area (Å²) in [5, 5.41) is 25.7. The second kappa shape index (κ2) is 3.41. The highest BCUT2D eigenvalue weighted by molar-refractivity contribution is 4.92. The van der Waals surface area contributed by atoms with Crippen LogP contribution in [0.2, 0.25) is 0 Å². The molecule has 72 valence electrons. The predicted molar refractivity (Wildman–Crippen MR) is 41.8 cm³/mol. The van der Waals surface area contributed by atoms with Gasteiger partial charge in [-0.05, 0) is 0 Å². The molecule has 2 heterocycles. The van der Waals surface area contributed by atoms with Crippen LogP contribution in [0.25, 0.3) is 0 Å². The molecule has 1 aliphatic rings. The molecule has 0 saturated carbocycles. The molecule has 0 unspecified atom stereocenters. The summed E-state index contributed by atoms with van der Waals surface area (Å²) in [5.41, 5.74) is 0.499. The third-order valence-corrected chi connectivity index (χ3v) is 2.08. The monoisotopic (exact) mass is 185 g/mol. The summed E-state index contributed by atoms with van der Waals surface area (Å²) in [6.07, 6.45) is 1.08. The van der Waals surface area contributed by atoms with Crippen molar-refractivity contribution in [2.75, 3.05) is 13.2 Å². The highest BCUT2D eigenvalue weighted by atomic mass is 16.5. The number of hydrogen-bond acceptors (Lipinski definition) is 5. The zero-order chi connectivity index (χ0) is 9.26. The first-order valence-electron chi connectivity index (χ1n) is 4.08. The lowest BCUT2D eigenvalue weighted by atomic mass is 10.2. The molecule has 0 aromatic carbocycles. The van der Waals surface area contributed by atoms with Gasteiger partial charge in [-0.25, -0.2) is 4.68 Å². The van der Waals surface area contributed by atoms with Crippen molar-refractivity contribution in [2.24, 2.45) is 0 Å². The largest absolute Gasteiger partial charge is 0.390 e. The van der Waals surface area contributed by atoms with Gasteiger partial charge < -0.3 is 14.9 Å². The number of hydrogen-bond donors (Lipinski definition) is 2. The van der Waals surface area contributed by atoms with E-state index in [2.05, 4.69) is 10.3 Å². The molecule has 0 radical (unpaired) electrons. The van der Waals surface area contributed by atoms with Crippen LogP contribution < -0.4 is 0 Å². The van der Waals surface area contributed by atoms with Gasteiger partial charge in [0.1, 0.15) is 17.8 Å². The number of ether oxygens (including phenoxy) is 1. The minimum atomic E-state index is -0.534. The van der Waals surface area contributed by atoms with Gasteiger partial charge >= 0.3 is 0 Å². The SMILES string of the molecule is OCc1cn([C@@H]2COC[C@H]2O)nn1. The molecular weight excluding hydrogens is 174 g/mol. The number of aliphatic hydroxyl groups excluding tert-OH is 2. The zero-order valence-electron chi connectivity index (χ0n) is 7.00. The number of aliphatic hydroxyl groups is 2. The van der Waals surface area contributed by atoms with Crippen LogP contribution >= 0.6 is 0 Å². The average Bonchev–Trinajstić information content (AvgIpc) is 2.71. The van der Waals surface area contributed by atoms with Crippen molar-refractivity contribution in [1.82, 2.24) is 15.0 Å². The lowest BCUT2D eigenvalue weighted by Gasteiger charge is -2.10. The van der Waals surface area contributed by atoms with E-state index in [1.54, 1.807) is 6.20 Å². The van der Waals surface area contributed by atoms with E-state index in [0.29, 0.717) is 18.9 Å². The van der Waals surface area contributed by atoms with E-state index in [1.807, 2.05) is 0 Å². The van der Waals surface area contributed by atoms with Gasteiger partial charge in [-0.15, -0.1) is 5.10 Å². The van der Waals surface area contributed by atoms with E-state index in [1.165, 1.54) is 4.68 Å². The molecule has 6 heteroatoms. The Labute approximate surface area is 74.7 Å². The van der Waals surface area contributed by atoms with Crippen molar-refractivity contribution >= 4 is 0 Å². The molecule has 1 aromatic rings. The molecule has 2 atom stereocenters.